The number of para-hydroxylation sites is 2. The number of halogens is 2. The van der Waals surface area contributed by atoms with Crippen molar-refractivity contribution < 1.29 is 19.1 Å². The van der Waals surface area contributed by atoms with Crippen LogP contribution in [0.1, 0.15) is 21.5 Å². The van der Waals surface area contributed by atoms with Gasteiger partial charge < -0.3 is 14.3 Å². The molecule has 8 nitrogen and oxygen atoms in total. The molecule has 0 amide bonds. The molecule has 202 valence electrons. The average Bonchev–Trinajstić information content (AvgIpc) is 3.40. The number of aromatic carboxylic acids is 1. The summed E-state index contributed by atoms with van der Waals surface area (Å²) >= 11 is 9.84. The second kappa shape index (κ2) is 11.0. The molecule has 1 N–H and O–H groups in total. The van der Waals surface area contributed by atoms with E-state index in [9.17, 15) is 14.7 Å². The van der Waals surface area contributed by atoms with Crippen molar-refractivity contribution in [2.45, 2.75) is 6.61 Å². The van der Waals surface area contributed by atoms with Gasteiger partial charge >= 0.3 is 5.97 Å². The number of benzene rings is 4. The minimum atomic E-state index is -1.03. The van der Waals surface area contributed by atoms with E-state index in [4.69, 9.17) is 25.7 Å². The van der Waals surface area contributed by atoms with Gasteiger partial charge in [-0.15, -0.1) is 0 Å². The molecule has 0 unspecified atom stereocenters. The van der Waals surface area contributed by atoms with Crippen LogP contribution in [0.4, 0.5) is 0 Å². The zero-order valence-corrected chi connectivity index (χ0v) is 23.5. The van der Waals surface area contributed by atoms with E-state index in [1.165, 1.54) is 17.0 Å². The number of fused-ring (bicyclic) bond motifs is 2. The SMILES string of the molecule is O=C(O)c1cccc(COc2c(Br)cc(Cl)cc2C=Nn2c(-c3cc4ccccc4o3)nc3ccccc3c2=O)c1. The number of hydrogen-bond donors (Lipinski definition) is 1. The van der Waals surface area contributed by atoms with E-state index in [1.54, 1.807) is 48.5 Å². The van der Waals surface area contributed by atoms with Crippen molar-refractivity contribution in [3.8, 4) is 17.3 Å². The second-order valence-corrected chi connectivity index (χ2v) is 10.4. The molecule has 2 heterocycles. The maximum atomic E-state index is 13.6. The summed E-state index contributed by atoms with van der Waals surface area (Å²) in [6.07, 6.45) is 1.46. The summed E-state index contributed by atoms with van der Waals surface area (Å²) in [6.45, 7) is 0.0872. The monoisotopic (exact) mass is 627 g/mol. The van der Waals surface area contributed by atoms with E-state index < -0.39 is 5.97 Å². The molecule has 0 bridgehead atoms. The lowest BCUT2D eigenvalue weighted by Gasteiger charge is -2.13. The van der Waals surface area contributed by atoms with Crippen LogP contribution in [0.2, 0.25) is 5.02 Å². The van der Waals surface area contributed by atoms with Gasteiger partial charge in [-0.1, -0.05) is 54.1 Å². The van der Waals surface area contributed by atoms with E-state index in [-0.39, 0.29) is 23.6 Å². The van der Waals surface area contributed by atoms with Gasteiger partial charge in [0.2, 0.25) is 5.82 Å². The molecule has 6 aromatic rings. The fraction of sp³-hybridized carbons (Fsp3) is 0.0323. The normalized spacial score (nSPS) is 11.5. The van der Waals surface area contributed by atoms with Crippen molar-refractivity contribution >= 4 is 61.6 Å². The van der Waals surface area contributed by atoms with Gasteiger partial charge in [-0.3, -0.25) is 4.79 Å². The average molecular weight is 629 g/mol. The van der Waals surface area contributed by atoms with Crippen molar-refractivity contribution in [2.75, 3.05) is 0 Å². The van der Waals surface area contributed by atoms with Crippen LogP contribution in [-0.2, 0) is 6.61 Å². The molecule has 4 aromatic carbocycles. The first-order valence-corrected chi connectivity index (χ1v) is 13.5. The first kappa shape index (κ1) is 26.5. The van der Waals surface area contributed by atoms with Crippen molar-refractivity contribution in [2.24, 2.45) is 5.10 Å². The largest absolute Gasteiger partial charge is 0.487 e. The van der Waals surface area contributed by atoms with Crippen molar-refractivity contribution in [3.05, 3.63) is 128 Å². The Morgan fingerprint density at radius 1 is 1.05 bits per heavy atom. The molecule has 2 aromatic heterocycles. The fourth-order valence-electron chi connectivity index (χ4n) is 4.38. The van der Waals surface area contributed by atoms with Gasteiger partial charge in [-0.2, -0.15) is 9.78 Å². The number of furan rings is 1. The molecular weight excluding hydrogens is 610 g/mol. The number of nitrogens with zero attached hydrogens (tertiary/aromatic N) is 3. The third-order valence-electron chi connectivity index (χ3n) is 6.31. The molecule has 0 aliphatic heterocycles. The first-order valence-electron chi connectivity index (χ1n) is 12.4. The van der Waals surface area contributed by atoms with Gasteiger partial charge in [0.05, 0.1) is 27.2 Å². The van der Waals surface area contributed by atoms with Crippen LogP contribution in [0, 0.1) is 0 Å². The summed E-state index contributed by atoms with van der Waals surface area (Å²) in [5, 5.41) is 15.5. The summed E-state index contributed by atoms with van der Waals surface area (Å²) in [6, 6.07) is 26.1. The summed E-state index contributed by atoms with van der Waals surface area (Å²) in [4.78, 5) is 29.7. The molecule has 0 spiro atoms. The lowest BCUT2D eigenvalue weighted by atomic mass is 10.1. The van der Waals surface area contributed by atoms with Gasteiger partial charge in [0.1, 0.15) is 17.9 Å². The van der Waals surface area contributed by atoms with Crippen LogP contribution in [0.25, 0.3) is 33.5 Å². The van der Waals surface area contributed by atoms with Crippen LogP contribution >= 0.6 is 27.5 Å². The van der Waals surface area contributed by atoms with Gasteiger partial charge in [-0.25, -0.2) is 9.78 Å². The lowest BCUT2D eigenvalue weighted by molar-refractivity contribution is 0.0696. The standard InChI is InChI=1S/C31H19BrClN3O5/c32-24-15-22(33)13-21(28(24)40-17-18-6-5-8-20(12-18)31(38)39)16-34-36-29(27-14-19-7-1-4-11-26(19)41-27)35-25-10-3-2-9-23(25)30(36)37/h1-16H,17H2,(H,38,39). The van der Waals surface area contributed by atoms with Crippen molar-refractivity contribution in [3.63, 3.8) is 0 Å². The molecule has 0 atom stereocenters. The molecule has 10 heteroatoms. The molecule has 0 saturated carbocycles. The number of carbonyl (C=O) groups is 1. The molecular formula is C31H19BrClN3O5. The number of hydrogen-bond acceptors (Lipinski definition) is 6. The summed E-state index contributed by atoms with van der Waals surface area (Å²) in [7, 11) is 0. The Morgan fingerprint density at radius 2 is 1.85 bits per heavy atom. The topological polar surface area (TPSA) is 107 Å². The van der Waals surface area contributed by atoms with E-state index in [2.05, 4.69) is 21.0 Å². The Kier molecular flexibility index (Phi) is 7.13. The third kappa shape index (κ3) is 5.37. The summed E-state index contributed by atoms with van der Waals surface area (Å²) in [5.41, 5.74) is 2.09. The molecule has 0 aliphatic carbocycles. The Labute approximate surface area is 246 Å². The zero-order chi connectivity index (χ0) is 28.5. The second-order valence-electron chi connectivity index (χ2n) is 9.06. The molecule has 0 radical (unpaired) electrons. The van der Waals surface area contributed by atoms with Gasteiger partial charge in [0.15, 0.2) is 5.76 Å². The van der Waals surface area contributed by atoms with Gasteiger partial charge in [0, 0.05) is 16.0 Å². The van der Waals surface area contributed by atoms with Crippen LogP contribution in [-0.4, -0.2) is 27.0 Å². The number of carboxylic acid groups (broad SMARTS) is 1. The summed E-state index contributed by atoms with van der Waals surface area (Å²) in [5.74, 6) is -0.00327. The predicted octanol–water partition coefficient (Wildman–Crippen LogP) is 7.39. The van der Waals surface area contributed by atoms with E-state index >= 15 is 0 Å². The predicted molar refractivity (Wildman–Crippen MR) is 161 cm³/mol. The lowest BCUT2D eigenvalue weighted by Crippen LogP contribution is -2.20. The third-order valence-corrected chi connectivity index (χ3v) is 7.11. The molecule has 0 fully saturated rings. The van der Waals surface area contributed by atoms with Gasteiger partial charge in [-0.05, 0) is 70.0 Å². The van der Waals surface area contributed by atoms with Gasteiger partial charge in [0.25, 0.3) is 5.56 Å². The van der Waals surface area contributed by atoms with Crippen LogP contribution in [0.3, 0.4) is 0 Å². The molecule has 41 heavy (non-hydrogen) atoms. The highest BCUT2D eigenvalue weighted by Crippen LogP contribution is 2.33. The van der Waals surface area contributed by atoms with Crippen molar-refractivity contribution in [1.29, 1.82) is 0 Å². The minimum absolute atomic E-state index is 0.0872. The summed E-state index contributed by atoms with van der Waals surface area (Å²) < 4.78 is 13.9. The smallest absolute Gasteiger partial charge is 0.335 e. The van der Waals surface area contributed by atoms with Crippen molar-refractivity contribution in [1.82, 2.24) is 9.66 Å². The molecule has 0 saturated heterocycles. The maximum absolute atomic E-state index is 13.6. The quantitative estimate of drug-likeness (QED) is 0.185. The van der Waals surface area contributed by atoms with Crippen LogP contribution in [0.5, 0.6) is 5.75 Å². The highest BCUT2D eigenvalue weighted by atomic mass is 79.9. The zero-order valence-electron chi connectivity index (χ0n) is 21.1. The van der Waals surface area contributed by atoms with E-state index in [1.807, 2.05) is 36.4 Å². The van der Waals surface area contributed by atoms with E-state index in [0.29, 0.717) is 48.6 Å². The fourth-order valence-corrected chi connectivity index (χ4v) is 5.33. The minimum Gasteiger partial charge on any atom is -0.487 e. The Balaban J connectivity index is 1.44. The highest BCUT2D eigenvalue weighted by Gasteiger charge is 2.17. The number of aromatic nitrogens is 2. The van der Waals surface area contributed by atoms with Crippen LogP contribution in [0.15, 0.2) is 110 Å². The molecule has 6 rings (SSSR count). The Morgan fingerprint density at radius 3 is 2.68 bits per heavy atom. The highest BCUT2D eigenvalue weighted by molar-refractivity contribution is 9.10. The van der Waals surface area contributed by atoms with Crippen LogP contribution < -0.4 is 10.3 Å². The molecule has 0 aliphatic rings. The number of ether oxygens (including phenoxy) is 1. The number of carboxylic acids is 1. The first-order chi connectivity index (χ1) is 19.9. The Bertz CT molecular complexity index is 2020. The van der Waals surface area contributed by atoms with E-state index in [0.717, 1.165) is 5.39 Å². The maximum Gasteiger partial charge on any atom is 0.335 e. The Hall–Kier alpha value is -4.73. The number of rotatable bonds is 7.